The Kier molecular flexibility index (Phi) is 23.3. The Morgan fingerprint density at radius 3 is 1.92 bits per heavy atom. The Morgan fingerprint density at radius 1 is 0.680 bits per heavy atom. The van der Waals surface area contributed by atoms with E-state index in [0.717, 1.165) is 5.52 Å². The van der Waals surface area contributed by atoms with Crippen molar-refractivity contribution in [2.24, 2.45) is 44.4 Å². The maximum absolute atomic E-state index is 14.6. The number of carbonyl (C=O) groups excluding carboxylic acids is 10. The highest BCUT2D eigenvalue weighted by atomic mass is 16.2. The number of hydrogen-bond donors (Lipinski definition) is 15. The van der Waals surface area contributed by atoms with Gasteiger partial charge in [-0.05, 0) is 62.1 Å². The van der Waals surface area contributed by atoms with Gasteiger partial charge in [-0.25, -0.2) is 0 Å². The van der Waals surface area contributed by atoms with Gasteiger partial charge >= 0.3 is 0 Å². The van der Waals surface area contributed by atoms with E-state index in [1.807, 2.05) is 0 Å². The molecule has 1 fully saturated rings. The summed E-state index contributed by atoms with van der Waals surface area (Å²) in [5, 5.41) is 21.4. The molecule has 2 heterocycles. The first-order valence-corrected chi connectivity index (χ1v) is 24.3. The molecule has 2 aromatic carbocycles. The summed E-state index contributed by atoms with van der Waals surface area (Å²) in [7, 11) is 0. The number of fused-ring (bicyclic) bond motifs is 1. The molecule has 0 spiro atoms. The molecule has 27 nitrogen and oxygen atoms in total. The molecule has 3 aromatic rings. The molecule has 1 aliphatic heterocycles. The fourth-order valence-corrected chi connectivity index (χ4v) is 8.07. The lowest BCUT2D eigenvalue weighted by Gasteiger charge is -2.28. The van der Waals surface area contributed by atoms with E-state index < -0.39 is 114 Å². The molecular formula is C48H69N17O10. The molecule has 21 N–H and O–H groups in total. The lowest BCUT2D eigenvalue weighted by molar-refractivity contribution is -0.136. The minimum absolute atomic E-state index is 0.0110. The summed E-state index contributed by atoms with van der Waals surface area (Å²) in [5.41, 5.74) is 35.1. The van der Waals surface area contributed by atoms with E-state index >= 15 is 0 Å². The highest BCUT2D eigenvalue weighted by Crippen LogP contribution is 2.20. The van der Waals surface area contributed by atoms with Gasteiger partial charge in [-0.3, -0.25) is 57.9 Å². The number of nitrogens with two attached hydrogens (primary N) is 6. The zero-order valence-corrected chi connectivity index (χ0v) is 41.7. The average molecular weight is 1040 g/mol. The zero-order valence-electron chi connectivity index (χ0n) is 41.7. The number of aliphatic imine (C=N–C) groups is 2. The van der Waals surface area contributed by atoms with Crippen molar-refractivity contribution in [3.05, 3.63) is 71.9 Å². The Bertz CT molecular complexity index is 2560. The lowest BCUT2D eigenvalue weighted by atomic mass is 10.0. The van der Waals surface area contributed by atoms with Crippen molar-refractivity contribution in [1.82, 2.24) is 47.5 Å². The third kappa shape index (κ3) is 20.3. The van der Waals surface area contributed by atoms with Crippen molar-refractivity contribution < 1.29 is 47.9 Å². The van der Waals surface area contributed by atoms with Gasteiger partial charge in [0.1, 0.15) is 42.3 Å². The summed E-state index contributed by atoms with van der Waals surface area (Å²) in [4.78, 5) is 147. The Morgan fingerprint density at radius 2 is 1.27 bits per heavy atom. The van der Waals surface area contributed by atoms with E-state index in [2.05, 4.69) is 57.5 Å². The minimum Gasteiger partial charge on any atom is -0.370 e. The highest BCUT2D eigenvalue weighted by molar-refractivity contribution is 5.99. The van der Waals surface area contributed by atoms with Gasteiger partial charge < -0.3 is 81.9 Å². The van der Waals surface area contributed by atoms with Gasteiger partial charge in [0.2, 0.25) is 59.1 Å². The molecule has 0 saturated carbocycles. The molecule has 7 atom stereocenters. The van der Waals surface area contributed by atoms with Crippen LogP contribution in [0, 0.1) is 0 Å². The molecule has 1 aromatic heterocycles. The lowest BCUT2D eigenvalue weighted by Crippen LogP contribution is -2.61. The van der Waals surface area contributed by atoms with Gasteiger partial charge in [0.15, 0.2) is 11.9 Å². The van der Waals surface area contributed by atoms with Crippen LogP contribution in [0.2, 0.25) is 0 Å². The number of primary amides is 2. The number of aromatic amines is 1. The molecule has 0 bridgehead atoms. The van der Waals surface area contributed by atoms with Crippen LogP contribution in [-0.4, -0.2) is 138 Å². The Balaban J connectivity index is 1.77. The summed E-state index contributed by atoms with van der Waals surface area (Å²) < 4.78 is 0. The predicted octanol–water partition coefficient (Wildman–Crippen LogP) is -4.48. The molecular weight excluding hydrogens is 975 g/mol. The fraction of sp³-hybridized carbons (Fsp3) is 0.458. The van der Waals surface area contributed by atoms with Crippen LogP contribution in [0.5, 0.6) is 0 Å². The second kappa shape index (κ2) is 29.7. The molecule has 0 radical (unpaired) electrons. The Labute approximate surface area is 432 Å². The second-order valence-electron chi connectivity index (χ2n) is 17.9. The van der Waals surface area contributed by atoms with Gasteiger partial charge in [0.05, 0.1) is 12.8 Å². The first-order chi connectivity index (χ1) is 35.7. The topological polar surface area (TPSA) is 464 Å². The zero-order chi connectivity index (χ0) is 55.0. The van der Waals surface area contributed by atoms with Crippen molar-refractivity contribution >= 4 is 81.9 Å². The third-order valence-corrected chi connectivity index (χ3v) is 11.8. The number of amides is 10. The van der Waals surface area contributed by atoms with E-state index in [4.69, 9.17) is 34.4 Å². The number of hydrogen-bond acceptors (Lipinski definition) is 12. The largest absolute Gasteiger partial charge is 0.370 e. The fourth-order valence-electron chi connectivity index (χ4n) is 8.07. The van der Waals surface area contributed by atoms with Crippen LogP contribution < -0.4 is 76.9 Å². The summed E-state index contributed by atoms with van der Waals surface area (Å²) >= 11 is 0. The van der Waals surface area contributed by atoms with Gasteiger partial charge in [-0.2, -0.15) is 0 Å². The van der Waals surface area contributed by atoms with E-state index in [9.17, 15) is 47.9 Å². The maximum Gasteiger partial charge on any atom is 0.243 e. The third-order valence-electron chi connectivity index (χ3n) is 11.8. The SMILES string of the molecule is CC(=O)NC(CCCN=C(N)N)C(=O)NC1CCCCNC(=O)CC(C(N)=O)NC(=O)C(Cc2c[nH]c3ccccc23)NC(=O)C(CCCN=C(N)N)NC(=O)C(Cc2ccccc2)NC(=O)C(CC(N)=O)NC1=O. The van der Waals surface area contributed by atoms with Crippen LogP contribution in [0.3, 0.4) is 0 Å². The normalized spacial score (nSPS) is 21.0. The number of nitrogens with zero attached hydrogens (tertiary/aromatic N) is 2. The van der Waals surface area contributed by atoms with Crippen LogP contribution in [0.4, 0.5) is 0 Å². The second-order valence-corrected chi connectivity index (χ2v) is 17.9. The number of nitrogens with one attached hydrogen (secondary N) is 9. The van der Waals surface area contributed by atoms with Crippen LogP contribution in [0.15, 0.2) is 70.8 Å². The number of aromatic nitrogens is 1. The van der Waals surface area contributed by atoms with E-state index in [1.165, 1.54) is 6.92 Å². The Hall–Kier alpha value is -8.78. The summed E-state index contributed by atoms with van der Waals surface area (Å²) in [6.45, 7) is 1.28. The van der Waals surface area contributed by atoms with Crippen molar-refractivity contribution in [1.29, 1.82) is 0 Å². The molecule has 406 valence electrons. The van der Waals surface area contributed by atoms with Crippen LogP contribution in [-0.2, 0) is 60.8 Å². The molecule has 0 aliphatic carbocycles. The van der Waals surface area contributed by atoms with E-state index in [1.54, 1.807) is 60.8 Å². The monoisotopic (exact) mass is 1040 g/mol. The quantitative estimate of drug-likeness (QED) is 0.0325. The smallest absolute Gasteiger partial charge is 0.243 e. The van der Waals surface area contributed by atoms with Crippen molar-refractivity contribution in [2.45, 2.75) is 120 Å². The van der Waals surface area contributed by atoms with Crippen molar-refractivity contribution in [2.75, 3.05) is 19.6 Å². The van der Waals surface area contributed by atoms with Gasteiger partial charge in [-0.1, -0.05) is 48.5 Å². The minimum atomic E-state index is -1.73. The van der Waals surface area contributed by atoms with Crippen LogP contribution in [0.25, 0.3) is 10.9 Å². The van der Waals surface area contributed by atoms with Crippen molar-refractivity contribution in [3.8, 4) is 0 Å². The number of rotatable bonds is 18. The molecule has 4 rings (SSSR count). The first kappa shape index (κ1) is 58.8. The van der Waals surface area contributed by atoms with Gasteiger partial charge in [0, 0.05) is 56.5 Å². The van der Waals surface area contributed by atoms with Crippen LogP contribution in [0.1, 0.15) is 75.8 Å². The molecule has 75 heavy (non-hydrogen) atoms. The predicted molar refractivity (Wildman–Crippen MR) is 276 cm³/mol. The van der Waals surface area contributed by atoms with Gasteiger partial charge in [0.25, 0.3) is 0 Å². The molecule has 1 aliphatic rings. The first-order valence-electron chi connectivity index (χ1n) is 24.3. The summed E-state index contributed by atoms with van der Waals surface area (Å²) in [6.07, 6.45) is 0.376. The van der Waals surface area contributed by atoms with E-state index in [-0.39, 0.29) is 89.3 Å². The molecule has 7 unspecified atom stereocenters. The number of guanidine groups is 2. The number of H-pyrrole nitrogens is 1. The standard InChI is InChI=1S/C48H69N17O10/c1-26(66)59-31(16-9-19-56-47(51)52)41(70)60-32-15-7-8-18-55-39(68)24-34(40(50)69)62-45(74)36(22-28-25-58-30-14-6-5-13-29(28)30)64-43(72)33(17-10-20-57-48(53)54)61-44(73)35(21-27-11-3-2-4-12-27)63-46(75)37(23-38(49)67)65-42(32)71/h2-6,11-14,25,31-37,58H,7-10,15-24H2,1H3,(H2,49,67)(H2,50,69)(H,55,68)(H,59,66)(H,60,70)(H,61,73)(H,62,74)(H,63,75)(H,64,72)(H,65,71)(H4,51,52,56)(H4,53,54,57). The van der Waals surface area contributed by atoms with Gasteiger partial charge in [-0.15, -0.1) is 0 Å². The van der Waals surface area contributed by atoms with Crippen LogP contribution >= 0.6 is 0 Å². The molecule has 27 heteroatoms. The van der Waals surface area contributed by atoms with Crippen molar-refractivity contribution in [3.63, 3.8) is 0 Å². The summed E-state index contributed by atoms with van der Waals surface area (Å²) in [6, 6.07) is 5.33. The summed E-state index contributed by atoms with van der Waals surface area (Å²) in [5.74, 6) is -9.28. The van der Waals surface area contributed by atoms with E-state index in [0.29, 0.717) is 16.5 Å². The number of para-hydroxylation sites is 1. The average Bonchev–Trinajstić information content (AvgIpc) is 3.76. The molecule has 10 amide bonds. The number of carbonyl (C=O) groups is 10. The highest BCUT2D eigenvalue weighted by Gasteiger charge is 2.35. The number of benzene rings is 2. The maximum atomic E-state index is 14.6. The molecule has 1 saturated heterocycles.